The molecule has 0 aliphatic carbocycles. The molecule has 1 aromatic heterocycles. The van der Waals surface area contributed by atoms with E-state index in [1.807, 2.05) is 12.1 Å². The lowest BCUT2D eigenvalue weighted by Crippen LogP contribution is -2.25. The molecule has 0 saturated carbocycles. The normalized spacial score (nSPS) is 11.1. The zero-order valence-electron chi connectivity index (χ0n) is 14.6. The molecule has 6 nitrogen and oxygen atoms in total. The maximum absolute atomic E-state index is 12.4. The third-order valence-electron chi connectivity index (χ3n) is 3.90. The van der Waals surface area contributed by atoms with Gasteiger partial charge in [-0.2, -0.15) is 0 Å². The van der Waals surface area contributed by atoms with E-state index in [1.54, 1.807) is 42.7 Å². The third-order valence-corrected chi connectivity index (χ3v) is 5.29. The van der Waals surface area contributed by atoms with Crippen LogP contribution in [0.25, 0.3) is 0 Å². The van der Waals surface area contributed by atoms with Crippen molar-refractivity contribution in [2.75, 3.05) is 11.3 Å². The van der Waals surface area contributed by atoms with E-state index >= 15 is 0 Å². The van der Waals surface area contributed by atoms with Crippen LogP contribution in [0.1, 0.15) is 22.5 Å². The Labute approximate surface area is 158 Å². The second-order valence-electron chi connectivity index (χ2n) is 5.94. The topological polar surface area (TPSA) is 88.4 Å². The summed E-state index contributed by atoms with van der Waals surface area (Å²) in [6.45, 7) is 0.500. The fourth-order valence-electron chi connectivity index (χ4n) is 2.56. The van der Waals surface area contributed by atoms with E-state index in [2.05, 4.69) is 10.0 Å². The molecule has 0 bridgehead atoms. The molecule has 0 fully saturated rings. The standard InChI is InChI=1S/C20H20N2O4S/c23-20(21-13-5-9-18-10-6-14-26-18)16-7-4-8-17(15-16)22-27(24,25)19-11-2-1-3-12-19/h1-4,6-8,10-12,14-15,22H,5,9,13H2,(H,21,23). The smallest absolute Gasteiger partial charge is 0.261 e. The maximum Gasteiger partial charge on any atom is 0.261 e. The van der Waals surface area contributed by atoms with Gasteiger partial charge in [0.15, 0.2) is 0 Å². The summed E-state index contributed by atoms with van der Waals surface area (Å²) in [6, 6.07) is 18.2. The van der Waals surface area contributed by atoms with E-state index in [-0.39, 0.29) is 10.8 Å². The van der Waals surface area contributed by atoms with Gasteiger partial charge in [0.1, 0.15) is 5.76 Å². The van der Waals surface area contributed by atoms with Crippen molar-refractivity contribution in [2.24, 2.45) is 0 Å². The average molecular weight is 384 g/mol. The summed E-state index contributed by atoms with van der Waals surface area (Å²) in [5.74, 6) is 0.622. The van der Waals surface area contributed by atoms with Gasteiger partial charge in [0, 0.05) is 24.2 Å². The summed E-state index contributed by atoms with van der Waals surface area (Å²) in [6.07, 6.45) is 3.11. The number of carbonyl (C=O) groups is 1. The molecule has 140 valence electrons. The Hall–Kier alpha value is -3.06. The highest BCUT2D eigenvalue weighted by molar-refractivity contribution is 7.92. The number of furan rings is 1. The number of carbonyl (C=O) groups excluding carboxylic acids is 1. The zero-order chi connectivity index (χ0) is 19.1. The number of hydrogen-bond acceptors (Lipinski definition) is 4. The van der Waals surface area contributed by atoms with Crippen LogP contribution in [0.4, 0.5) is 5.69 Å². The summed E-state index contributed by atoms with van der Waals surface area (Å²) < 4.78 is 32.5. The molecule has 7 heteroatoms. The molecule has 1 heterocycles. The Bertz CT molecular complexity index is 984. The lowest BCUT2D eigenvalue weighted by molar-refractivity contribution is 0.0953. The minimum Gasteiger partial charge on any atom is -0.469 e. The van der Waals surface area contributed by atoms with Gasteiger partial charge >= 0.3 is 0 Å². The Morgan fingerprint density at radius 2 is 1.78 bits per heavy atom. The second kappa shape index (κ2) is 8.55. The molecule has 3 rings (SSSR count). The van der Waals surface area contributed by atoms with Crippen LogP contribution in [0.3, 0.4) is 0 Å². The Morgan fingerprint density at radius 3 is 2.52 bits per heavy atom. The van der Waals surface area contributed by atoms with Crippen LogP contribution in [0.2, 0.25) is 0 Å². The molecule has 0 aliphatic heterocycles. The number of amides is 1. The molecule has 1 amide bonds. The zero-order valence-corrected chi connectivity index (χ0v) is 15.4. The van der Waals surface area contributed by atoms with Crippen molar-refractivity contribution in [3.05, 3.63) is 84.3 Å². The molecule has 2 aromatic carbocycles. The fraction of sp³-hybridized carbons (Fsp3) is 0.150. The number of hydrogen-bond donors (Lipinski definition) is 2. The quantitative estimate of drug-likeness (QED) is 0.582. The maximum atomic E-state index is 12.4. The van der Waals surface area contributed by atoms with E-state index in [9.17, 15) is 13.2 Å². The summed E-state index contributed by atoms with van der Waals surface area (Å²) in [7, 11) is -3.69. The van der Waals surface area contributed by atoms with Crippen molar-refractivity contribution >= 4 is 21.6 Å². The molecular formula is C20H20N2O4S. The monoisotopic (exact) mass is 384 g/mol. The molecule has 0 aliphatic rings. The number of anilines is 1. The minimum atomic E-state index is -3.69. The van der Waals surface area contributed by atoms with Gasteiger partial charge in [0.05, 0.1) is 11.2 Å². The van der Waals surface area contributed by atoms with Gasteiger partial charge in [-0.15, -0.1) is 0 Å². The number of rotatable bonds is 8. The van der Waals surface area contributed by atoms with Gasteiger partial charge < -0.3 is 9.73 Å². The van der Waals surface area contributed by atoms with E-state index in [0.29, 0.717) is 17.8 Å². The molecule has 27 heavy (non-hydrogen) atoms. The molecule has 0 radical (unpaired) electrons. The highest BCUT2D eigenvalue weighted by Gasteiger charge is 2.14. The largest absolute Gasteiger partial charge is 0.469 e. The van der Waals surface area contributed by atoms with E-state index in [1.165, 1.54) is 18.2 Å². The first kappa shape index (κ1) is 18.7. The predicted molar refractivity (Wildman–Crippen MR) is 103 cm³/mol. The molecular weight excluding hydrogens is 364 g/mol. The first-order valence-corrected chi connectivity index (χ1v) is 10.0. The van der Waals surface area contributed by atoms with Crippen LogP contribution in [-0.4, -0.2) is 20.9 Å². The van der Waals surface area contributed by atoms with E-state index in [0.717, 1.165) is 18.6 Å². The summed E-state index contributed by atoms with van der Waals surface area (Å²) in [4.78, 5) is 12.4. The van der Waals surface area contributed by atoms with Crippen molar-refractivity contribution < 1.29 is 17.6 Å². The Balaban J connectivity index is 1.58. The van der Waals surface area contributed by atoms with Gasteiger partial charge in [-0.3, -0.25) is 9.52 Å². The molecule has 0 spiro atoms. The lowest BCUT2D eigenvalue weighted by Gasteiger charge is -2.10. The van der Waals surface area contributed by atoms with Gasteiger partial charge in [-0.05, 0) is 48.9 Å². The van der Waals surface area contributed by atoms with E-state index in [4.69, 9.17) is 4.42 Å². The lowest BCUT2D eigenvalue weighted by atomic mass is 10.2. The highest BCUT2D eigenvalue weighted by Crippen LogP contribution is 2.17. The van der Waals surface area contributed by atoms with Crippen LogP contribution >= 0.6 is 0 Å². The molecule has 3 aromatic rings. The van der Waals surface area contributed by atoms with Crippen molar-refractivity contribution in [1.82, 2.24) is 5.32 Å². The summed E-state index contributed by atoms with van der Waals surface area (Å²) >= 11 is 0. The molecule has 0 atom stereocenters. The van der Waals surface area contributed by atoms with Crippen LogP contribution in [-0.2, 0) is 16.4 Å². The minimum absolute atomic E-state index is 0.165. The van der Waals surface area contributed by atoms with Crippen LogP contribution in [0.15, 0.2) is 82.3 Å². The van der Waals surface area contributed by atoms with Crippen molar-refractivity contribution in [3.63, 3.8) is 0 Å². The van der Waals surface area contributed by atoms with Crippen LogP contribution < -0.4 is 10.0 Å². The number of nitrogens with one attached hydrogen (secondary N) is 2. The van der Waals surface area contributed by atoms with Gasteiger partial charge in [0.25, 0.3) is 15.9 Å². The SMILES string of the molecule is O=C(NCCCc1ccco1)c1cccc(NS(=O)(=O)c2ccccc2)c1. The van der Waals surface area contributed by atoms with Crippen LogP contribution in [0, 0.1) is 0 Å². The Morgan fingerprint density at radius 1 is 0.963 bits per heavy atom. The third kappa shape index (κ3) is 5.21. The van der Waals surface area contributed by atoms with Gasteiger partial charge in [-0.1, -0.05) is 24.3 Å². The number of aryl methyl sites for hydroxylation is 1. The molecule has 0 saturated heterocycles. The Kier molecular flexibility index (Phi) is 5.93. The van der Waals surface area contributed by atoms with Crippen molar-refractivity contribution in [1.29, 1.82) is 0 Å². The fourth-order valence-corrected chi connectivity index (χ4v) is 3.63. The second-order valence-corrected chi connectivity index (χ2v) is 7.62. The summed E-state index contributed by atoms with van der Waals surface area (Å²) in [5.41, 5.74) is 0.725. The van der Waals surface area contributed by atoms with Gasteiger partial charge in [0.2, 0.25) is 0 Å². The summed E-state index contributed by atoms with van der Waals surface area (Å²) in [5, 5.41) is 2.83. The predicted octanol–water partition coefficient (Wildman–Crippen LogP) is 3.44. The molecule has 2 N–H and O–H groups in total. The first-order chi connectivity index (χ1) is 13.0. The van der Waals surface area contributed by atoms with E-state index < -0.39 is 10.0 Å². The van der Waals surface area contributed by atoms with Gasteiger partial charge in [-0.25, -0.2) is 8.42 Å². The van der Waals surface area contributed by atoms with Crippen LogP contribution in [0.5, 0.6) is 0 Å². The average Bonchev–Trinajstić information content (AvgIpc) is 3.19. The molecule has 0 unspecified atom stereocenters. The number of sulfonamides is 1. The first-order valence-electron chi connectivity index (χ1n) is 8.53. The van der Waals surface area contributed by atoms with Crippen molar-refractivity contribution in [2.45, 2.75) is 17.7 Å². The highest BCUT2D eigenvalue weighted by atomic mass is 32.2. The number of benzene rings is 2. The van der Waals surface area contributed by atoms with Crippen molar-refractivity contribution in [3.8, 4) is 0 Å².